The molecule has 2 aromatic carbocycles. The Kier molecular flexibility index (Phi) is 7.15. The van der Waals surface area contributed by atoms with E-state index in [-0.39, 0.29) is 42.5 Å². The molecule has 2 heterocycles. The summed E-state index contributed by atoms with van der Waals surface area (Å²) >= 11 is 7.06. The fourth-order valence-corrected chi connectivity index (χ4v) is 4.82. The Balaban J connectivity index is 1.27. The molecule has 2 saturated heterocycles. The molecule has 1 N–H and O–H groups in total. The van der Waals surface area contributed by atoms with Gasteiger partial charge in [0.15, 0.2) is 0 Å². The van der Waals surface area contributed by atoms with Gasteiger partial charge in [0.25, 0.3) is 11.1 Å². The Bertz CT molecular complexity index is 1120. The molecule has 0 bridgehead atoms. The summed E-state index contributed by atoms with van der Waals surface area (Å²) in [4.78, 5) is 52.9. The van der Waals surface area contributed by atoms with E-state index in [4.69, 9.17) is 11.6 Å². The SMILES string of the molecule is O=C(NCCN1C(=O)S/C(=C/c2ccccc2)C1=O)C1CC(=O)N(Cc2ccccc2Cl)C1. The fourth-order valence-electron chi connectivity index (χ4n) is 3.76. The number of carbonyl (C=O) groups is 4. The van der Waals surface area contributed by atoms with Gasteiger partial charge < -0.3 is 10.2 Å². The zero-order chi connectivity index (χ0) is 23.4. The van der Waals surface area contributed by atoms with E-state index in [2.05, 4.69) is 5.32 Å². The van der Waals surface area contributed by atoms with Gasteiger partial charge in [0.1, 0.15) is 0 Å². The number of nitrogens with zero attached hydrogens (tertiary/aromatic N) is 2. The van der Waals surface area contributed by atoms with Crippen LogP contribution in [0.15, 0.2) is 59.5 Å². The standard InChI is InChI=1S/C24H22ClN3O4S/c25-19-9-5-4-8-17(19)14-27-15-18(13-21(27)29)22(30)26-10-11-28-23(31)20(33-24(28)32)12-16-6-2-1-3-7-16/h1-9,12,18H,10-11,13-15H2,(H,26,30)/b20-12+. The van der Waals surface area contributed by atoms with Gasteiger partial charge in [0, 0.05) is 37.6 Å². The van der Waals surface area contributed by atoms with E-state index in [0.29, 0.717) is 23.0 Å². The molecule has 2 aliphatic heterocycles. The summed E-state index contributed by atoms with van der Waals surface area (Å²) in [5.74, 6) is -1.22. The van der Waals surface area contributed by atoms with Gasteiger partial charge in [-0.05, 0) is 35.0 Å². The molecule has 9 heteroatoms. The molecule has 0 aromatic heterocycles. The molecule has 1 atom stereocenters. The van der Waals surface area contributed by atoms with Crippen LogP contribution in [0.4, 0.5) is 4.79 Å². The van der Waals surface area contributed by atoms with Crippen molar-refractivity contribution >= 4 is 52.4 Å². The number of hydrogen-bond donors (Lipinski definition) is 1. The zero-order valence-electron chi connectivity index (χ0n) is 17.7. The minimum atomic E-state index is -0.479. The summed E-state index contributed by atoms with van der Waals surface area (Å²) in [6, 6.07) is 16.6. The molecule has 4 rings (SSSR count). The first kappa shape index (κ1) is 23.1. The number of thioether (sulfide) groups is 1. The van der Waals surface area contributed by atoms with Crippen LogP contribution in [0, 0.1) is 5.92 Å². The first-order chi connectivity index (χ1) is 15.9. The van der Waals surface area contributed by atoms with Crippen LogP contribution in [0.25, 0.3) is 6.08 Å². The van der Waals surface area contributed by atoms with Gasteiger partial charge in [-0.25, -0.2) is 0 Å². The lowest BCUT2D eigenvalue weighted by molar-refractivity contribution is -0.129. The first-order valence-corrected chi connectivity index (χ1v) is 11.7. The van der Waals surface area contributed by atoms with Gasteiger partial charge in [0.05, 0.1) is 10.8 Å². The monoisotopic (exact) mass is 483 g/mol. The molecule has 0 aliphatic carbocycles. The Morgan fingerprint density at radius 2 is 1.82 bits per heavy atom. The van der Waals surface area contributed by atoms with Crippen LogP contribution in [-0.2, 0) is 20.9 Å². The van der Waals surface area contributed by atoms with Crippen molar-refractivity contribution in [2.24, 2.45) is 5.92 Å². The van der Waals surface area contributed by atoms with Crippen LogP contribution in [0.5, 0.6) is 0 Å². The Morgan fingerprint density at radius 3 is 2.58 bits per heavy atom. The van der Waals surface area contributed by atoms with Crippen LogP contribution in [0.2, 0.25) is 5.02 Å². The molecule has 2 fully saturated rings. The van der Waals surface area contributed by atoms with Gasteiger partial charge in [0.2, 0.25) is 11.8 Å². The van der Waals surface area contributed by atoms with E-state index >= 15 is 0 Å². The molecule has 0 radical (unpaired) electrons. The highest BCUT2D eigenvalue weighted by atomic mass is 35.5. The van der Waals surface area contributed by atoms with Crippen molar-refractivity contribution in [3.63, 3.8) is 0 Å². The van der Waals surface area contributed by atoms with Gasteiger partial charge in [-0.15, -0.1) is 0 Å². The fraction of sp³-hybridized carbons (Fsp3) is 0.250. The van der Waals surface area contributed by atoms with E-state index in [9.17, 15) is 19.2 Å². The van der Waals surface area contributed by atoms with E-state index in [0.717, 1.165) is 27.8 Å². The minimum absolute atomic E-state index is 0.0759. The van der Waals surface area contributed by atoms with Crippen LogP contribution >= 0.6 is 23.4 Å². The van der Waals surface area contributed by atoms with Crippen LogP contribution < -0.4 is 5.32 Å². The zero-order valence-corrected chi connectivity index (χ0v) is 19.3. The van der Waals surface area contributed by atoms with Crippen molar-refractivity contribution in [2.45, 2.75) is 13.0 Å². The van der Waals surface area contributed by atoms with Crippen molar-refractivity contribution in [2.75, 3.05) is 19.6 Å². The second-order valence-electron chi connectivity index (χ2n) is 7.80. The largest absolute Gasteiger partial charge is 0.354 e. The third-order valence-electron chi connectivity index (χ3n) is 5.51. The van der Waals surface area contributed by atoms with E-state index in [1.54, 1.807) is 17.0 Å². The number of benzene rings is 2. The number of hydrogen-bond acceptors (Lipinski definition) is 5. The topological polar surface area (TPSA) is 86.8 Å². The maximum Gasteiger partial charge on any atom is 0.293 e. The highest BCUT2D eigenvalue weighted by molar-refractivity contribution is 8.18. The molecule has 4 amide bonds. The van der Waals surface area contributed by atoms with E-state index in [1.807, 2.05) is 48.5 Å². The summed E-state index contributed by atoms with van der Waals surface area (Å²) in [6.45, 7) is 0.862. The van der Waals surface area contributed by atoms with Crippen LogP contribution in [0.3, 0.4) is 0 Å². The van der Waals surface area contributed by atoms with Crippen molar-refractivity contribution < 1.29 is 19.2 Å². The van der Waals surface area contributed by atoms with Gasteiger partial charge in [-0.3, -0.25) is 24.1 Å². The van der Waals surface area contributed by atoms with Crippen LogP contribution in [-0.4, -0.2) is 52.4 Å². The molecule has 7 nitrogen and oxygen atoms in total. The molecular weight excluding hydrogens is 462 g/mol. The molecular formula is C24H22ClN3O4S. The molecule has 0 saturated carbocycles. The number of imide groups is 1. The van der Waals surface area contributed by atoms with Gasteiger partial charge >= 0.3 is 0 Å². The predicted octanol–water partition coefficient (Wildman–Crippen LogP) is 3.54. The second-order valence-corrected chi connectivity index (χ2v) is 9.20. The molecule has 1 unspecified atom stereocenters. The number of nitrogens with one attached hydrogen (secondary N) is 1. The normalized spacial score (nSPS) is 19.6. The number of halogens is 1. The lowest BCUT2D eigenvalue weighted by atomic mass is 10.1. The number of rotatable bonds is 7. The van der Waals surface area contributed by atoms with Crippen molar-refractivity contribution in [1.29, 1.82) is 0 Å². The second kappa shape index (κ2) is 10.2. The molecule has 170 valence electrons. The lowest BCUT2D eigenvalue weighted by Gasteiger charge is -2.18. The smallest absolute Gasteiger partial charge is 0.293 e. The summed E-state index contributed by atoms with van der Waals surface area (Å²) in [7, 11) is 0. The Hall–Kier alpha value is -3.10. The number of amides is 4. The highest BCUT2D eigenvalue weighted by Gasteiger charge is 2.36. The van der Waals surface area contributed by atoms with Crippen molar-refractivity contribution in [1.82, 2.24) is 15.1 Å². The summed E-state index contributed by atoms with van der Waals surface area (Å²) in [6.07, 6.45) is 1.80. The maximum absolute atomic E-state index is 12.6. The number of likely N-dealkylation sites (tertiary alicyclic amines) is 1. The third kappa shape index (κ3) is 5.46. The maximum atomic E-state index is 12.6. The molecule has 2 aromatic rings. The average molecular weight is 484 g/mol. The van der Waals surface area contributed by atoms with Crippen molar-refractivity contribution in [3.05, 3.63) is 75.7 Å². The highest BCUT2D eigenvalue weighted by Crippen LogP contribution is 2.32. The van der Waals surface area contributed by atoms with Gasteiger partial charge in [-0.1, -0.05) is 60.1 Å². The minimum Gasteiger partial charge on any atom is -0.354 e. The van der Waals surface area contributed by atoms with Gasteiger partial charge in [-0.2, -0.15) is 0 Å². The number of carbonyl (C=O) groups excluding carboxylic acids is 4. The predicted molar refractivity (Wildman–Crippen MR) is 127 cm³/mol. The van der Waals surface area contributed by atoms with Crippen LogP contribution in [0.1, 0.15) is 17.5 Å². The van der Waals surface area contributed by atoms with E-state index < -0.39 is 5.92 Å². The molecule has 2 aliphatic rings. The average Bonchev–Trinajstić information content (AvgIpc) is 3.30. The summed E-state index contributed by atoms with van der Waals surface area (Å²) in [5.41, 5.74) is 1.67. The Labute approximate surface area is 200 Å². The molecule has 33 heavy (non-hydrogen) atoms. The lowest BCUT2D eigenvalue weighted by Crippen LogP contribution is -2.40. The third-order valence-corrected chi connectivity index (χ3v) is 6.79. The molecule has 0 spiro atoms. The van der Waals surface area contributed by atoms with Crippen molar-refractivity contribution in [3.8, 4) is 0 Å². The summed E-state index contributed by atoms with van der Waals surface area (Å²) in [5, 5.41) is 2.97. The first-order valence-electron chi connectivity index (χ1n) is 10.5. The van der Waals surface area contributed by atoms with E-state index in [1.165, 1.54) is 0 Å². The quantitative estimate of drug-likeness (QED) is 0.609. The Morgan fingerprint density at radius 1 is 1.09 bits per heavy atom. The summed E-state index contributed by atoms with van der Waals surface area (Å²) < 4.78 is 0.